The summed E-state index contributed by atoms with van der Waals surface area (Å²) in [5.41, 5.74) is 4.77. The van der Waals surface area contributed by atoms with Crippen LogP contribution in [0.5, 0.6) is 0 Å². The van der Waals surface area contributed by atoms with Crippen LogP contribution in [0.4, 0.5) is 20.1 Å². The van der Waals surface area contributed by atoms with Gasteiger partial charge in [-0.2, -0.15) is 0 Å². The molecule has 3 atom stereocenters. The predicted octanol–water partition coefficient (Wildman–Crippen LogP) is 6.00. The smallest absolute Gasteiger partial charge is 0.437 e. The number of carbonyl (C=O) groups excluding carboxylic acids is 4. The number of guanidine groups is 1. The lowest BCUT2D eigenvalue weighted by atomic mass is 10.1. The van der Waals surface area contributed by atoms with Gasteiger partial charge in [-0.25, -0.2) is 24.1 Å². The number of nitrogens with one attached hydrogen (secondary N) is 1. The first kappa shape index (κ1) is 39.7. The van der Waals surface area contributed by atoms with Crippen LogP contribution in [0.1, 0.15) is 72.6 Å². The first-order chi connectivity index (χ1) is 22.1. The molecule has 0 aliphatic heterocycles. The molecule has 0 radical (unpaired) electrons. The Bertz CT molecular complexity index is 1520. The maximum atomic E-state index is 13.7. The Labute approximate surface area is 280 Å². The van der Waals surface area contributed by atoms with E-state index in [-0.39, 0.29) is 17.9 Å². The summed E-state index contributed by atoms with van der Waals surface area (Å²) in [5, 5.41) is 2.36. The summed E-state index contributed by atoms with van der Waals surface area (Å²) in [6, 6.07) is 14.2. The number of alkyl carbamates (subject to hydrolysis) is 1. The standard InChI is InChI=1S/C32H45N4O11P/c1-20(2)25(34-28(38)44-19-21-14-11-10-12-15-21)48(41,42)47-24(26(37)43-9)22-16-13-17-23(18-22)36(30(40)46-32(6,7)8)27(33)35-29(39)45-31(3,4)5/h10-18,20,24-25H,19H2,1-9H3,(H,34,38)(H,41,42)(H2,33,35,39)/t24?,25-/m1/s1. The molecule has 0 fully saturated rings. The quantitative estimate of drug-likeness (QED) is 0.0862. The van der Waals surface area contributed by atoms with E-state index in [0.29, 0.717) is 5.56 Å². The van der Waals surface area contributed by atoms with E-state index in [1.54, 1.807) is 85.7 Å². The number of benzene rings is 2. The minimum absolute atomic E-state index is 0.0542. The summed E-state index contributed by atoms with van der Waals surface area (Å²) >= 11 is 0. The molecule has 0 heterocycles. The molecule has 2 aromatic carbocycles. The molecule has 0 spiro atoms. The van der Waals surface area contributed by atoms with Crippen molar-refractivity contribution in [3.05, 3.63) is 65.7 Å². The number of hydrogen-bond donors (Lipinski definition) is 3. The van der Waals surface area contributed by atoms with Gasteiger partial charge in [0.25, 0.3) is 0 Å². The van der Waals surface area contributed by atoms with Crippen molar-refractivity contribution in [1.82, 2.24) is 5.32 Å². The molecule has 0 aliphatic rings. The fourth-order valence-corrected chi connectivity index (χ4v) is 5.63. The van der Waals surface area contributed by atoms with Crippen molar-refractivity contribution in [2.75, 3.05) is 12.0 Å². The van der Waals surface area contributed by atoms with Gasteiger partial charge in [-0.1, -0.05) is 56.3 Å². The molecular formula is C32H45N4O11P. The van der Waals surface area contributed by atoms with Crippen LogP contribution in [0.15, 0.2) is 59.6 Å². The topological polar surface area (TPSA) is 205 Å². The maximum Gasteiger partial charge on any atom is 0.437 e. The van der Waals surface area contributed by atoms with Gasteiger partial charge in [0.05, 0.1) is 12.8 Å². The van der Waals surface area contributed by atoms with E-state index in [2.05, 4.69) is 10.3 Å². The van der Waals surface area contributed by atoms with Crippen molar-refractivity contribution in [1.29, 1.82) is 0 Å². The molecule has 0 saturated heterocycles. The number of ether oxygens (including phenoxy) is 4. The van der Waals surface area contributed by atoms with Gasteiger partial charge in [0.2, 0.25) is 5.96 Å². The Kier molecular flexibility index (Phi) is 13.7. The van der Waals surface area contributed by atoms with E-state index in [1.807, 2.05) is 0 Å². The molecule has 3 amide bonds. The zero-order valence-electron chi connectivity index (χ0n) is 28.6. The highest BCUT2D eigenvalue weighted by Crippen LogP contribution is 2.53. The second kappa shape index (κ2) is 16.6. The van der Waals surface area contributed by atoms with E-state index in [4.69, 9.17) is 29.2 Å². The third-order valence-corrected chi connectivity index (χ3v) is 7.91. The molecule has 2 rings (SSSR count). The monoisotopic (exact) mass is 692 g/mol. The van der Waals surface area contributed by atoms with Crippen LogP contribution in [0.2, 0.25) is 0 Å². The molecule has 4 N–H and O–H groups in total. The number of nitrogens with two attached hydrogens (primary N) is 1. The van der Waals surface area contributed by atoms with Gasteiger partial charge in [-0.15, -0.1) is 4.99 Å². The minimum atomic E-state index is -4.87. The maximum absolute atomic E-state index is 13.7. The third kappa shape index (κ3) is 12.6. The van der Waals surface area contributed by atoms with Crippen LogP contribution in [-0.2, 0) is 39.4 Å². The number of hydrogen-bond acceptors (Lipinski definition) is 10. The average Bonchev–Trinajstić information content (AvgIpc) is 2.95. The summed E-state index contributed by atoms with van der Waals surface area (Å²) < 4.78 is 39.9. The first-order valence-electron chi connectivity index (χ1n) is 14.9. The lowest BCUT2D eigenvalue weighted by Gasteiger charge is -2.29. The summed E-state index contributed by atoms with van der Waals surface area (Å²) in [5.74, 6) is -3.88. The van der Waals surface area contributed by atoms with Crippen molar-refractivity contribution in [3.63, 3.8) is 0 Å². The van der Waals surface area contributed by atoms with Gasteiger partial charge >= 0.3 is 31.8 Å². The summed E-state index contributed by atoms with van der Waals surface area (Å²) in [7, 11) is -3.82. The first-order valence-corrected chi connectivity index (χ1v) is 16.5. The van der Waals surface area contributed by atoms with Crippen LogP contribution in [0, 0.1) is 5.92 Å². The van der Waals surface area contributed by atoms with Gasteiger partial charge in [0, 0.05) is 0 Å². The molecule has 15 nitrogen and oxygen atoms in total. The molecule has 0 aliphatic carbocycles. The van der Waals surface area contributed by atoms with E-state index in [0.717, 1.165) is 12.0 Å². The largest absolute Gasteiger partial charge is 0.467 e. The summed E-state index contributed by atoms with van der Waals surface area (Å²) in [6.07, 6.45) is -4.94. The molecule has 16 heteroatoms. The Balaban J connectivity index is 2.48. The van der Waals surface area contributed by atoms with Crippen LogP contribution < -0.4 is 16.0 Å². The predicted molar refractivity (Wildman–Crippen MR) is 177 cm³/mol. The normalized spacial score (nSPS) is 14.6. The number of nitrogens with zero attached hydrogens (tertiary/aromatic N) is 2. The lowest BCUT2D eigenvalue weighted by Crippen LogP contribution is -2.45. The highest BCUT2D eigenvalue weighted by atomic mass is 31.2. The molecule has 0 aromatic heterocycles. The van der Waals surface area contributed by atoms with Crippen LogP contribution in [0.3, 0.4) is 0 Å². The SMILES string of the molecule is COC(=O)C(OP(=O)(O)[C@@H](NC(=O)OCc1ccccc1)C(C)C)c1cccc(N(C(=O)OC(C)(C)C)C(N)=NC(=O)OC(C)(C)C)c1. The minimum Gasteiger partial charge on any atom is -0.467 e. The lowest BCUT2D eigenvalue weighted by molar-refractivity contribution is -0.149. The Morgan fingerprint density at radius 1 is 0.958 bits per heavy atom. The zero-order chi connectivity index (χ0) is 36.4. The molecule has 2 aromatic rings. The van der Waals surface area contributed by atoms with Gasteiger partial charge in [-0.05, 0) is 70.7 Å². The fourth-order valence-electron chi connectivity index (χ4n) is 3.97. The number of methoxy groups -OCH3 is 1. The number of esters is 1. The fraction of sp³-hybridized carbons (Fsp3) is 0.469. The van der Waals surface area contributed by atoms with E-state index < -0.39 is 66.8 Å². The van der Waals surface area contributed by atoms with E-state index in [9.17, 15) is 28.6 Å². The van der Waals surface area contributed by atoms with E-state index in [1.165, 1.54) is 24.3 Å². The van der Waals surface area contributed by atoms with Crippen molar-refractivity contribution >= 4 is 43.5 Å². The Morgan fingerprint density at radius 2 is 1.56 bits per heavy atom. The van der Waals surface area contributed by atoms with Crippen molar-refractivity contribution in [2.24, 2.45) is 16.6 Å². The molecule has 264 valence electrons. The average molecular weight is 693 g/mol. The highest BCUT2D eigenvalue weighted by Gasteiger charge is 2.42. The van der Waals surface area contributed by atoms with Crippen molar-refractivity contribution in [3.8, 4) is 0 Å². The number of anilines is 1. The summed E-state index contributed by atoms with van der Waals surface area (Å²) in [4.78, 5) is 66.9. The number of amides is 3. The van der Waals surface area contributed by atoms with Gasteiger partial charge in [-0.3, -0.25) is 9.09 Å². The van der Waals surface area contributed by atoms with E-state index >= 15 is 0 Å². The van der Waals surface area contributed by atoms with Gasteiger partial charge in [0.15, 0.2) is 6.10 Å². The van der Waals surface area contributed by atoms with Gasteiger partial charge in [0.1, 0.15) is 23.6 Å². The molecular weight excluding hydrogens is 647 g/mol. The zero-order valence-corrected chi connectivity index (χ0v) is 29.5. The molecule has 0 saturated carbocycles. The molecule has 48 heavy (non-hydrogen) atoms. The molecule has 0 bridgehead atoms. The van der Waals surface area contributed by atoms with Crippen LogP contribution in [-0.4, -0.2) is 59.2 Å². The van der Waals surface area contributed by atoms with Crippen molar-refractivity contribution in [2.45, 2.75) is 85.1 Å². The van der Waals surface area contributed by atoms with Gasteiger partial charge < -0.3 is 34.9 Å². The summed E-state index contributed by atoms with van der Waals surface area (Å²) in [6.45, 7) is 12.7. The number of rotatable bonds is 10. The Hall–Kier alpha value is -4.46. The Morgan fingerprint density at radius 3 is 2.10 bits per heavy atom. The van der Waals surface area contributed by atoms with Crippen LogP contribution in [0.25, 0.3) is 0 Å². The number of carbonyl (C=O) groups is 4. The second-order valence-electron chi connectivity index (χ2n) is 12.8. The highest BCUT2D eigenvalue weighted by molar-refractivity contribution is 7.53. The second-order valence-corrected chi connectivity index (χ2v) is 14.7. The number of aliphatic imine (C=N–C) groups is 1. The van der Waals surface area contributed by atoms with Crippen molar-refractivity contribution < 1.29 is 52.1 Å². The molecule has 2 unspecified atom stereocenters. The third-order valence-electron chi connectivity index (χ3n) is 5.97. The van der Waals surface area contributed by atoms with Crippen LogP contribution >= 0.6 is 7.60 Å².